The summed E-state index contributed by atoms with van der Waals surface area (Å²) in [5.74, 6) is 0.762. The summed E-state index contributed by atoms with van der Waals surface area (Å²) in [5.41, 5.74) is 2.60. The van der Waals surface area contributed by atoms with E-state index in [2.05, 4.69) is 45.5 Å². The number of halogens is 1. The Labute approximate surface area is 134 Å². The average molecular weight is 346 g/mol. The van der Waals surface area contributed by atoms with Gasteiger partial charge in [0, 0.05) is 23.0 Å². The second kappa shape index (κ2) is 6.63. The van der Waals surface area contributed by atoms with Crippen LogP contribution >= 0.6 is 15.9 Å². The molecule has 2 N–H and O–H groups in total. The van der Waals surface area contributed by atoms with Crippen LogP contribution in [0.4, 0.5) is 0 Å². The van der Waals surface area contributed by atoms with Gasteiger partial charge in [0.2, 0.25) is 0 Å². The first-order valence-electron chi connectivity index (χ1n) is 7.48. The van der Waals surface area contributed by atoms with E-state index in [1.807, 2.05) is 12.1 Å². The zero-order valence-corrected chi connectivity index (χ0v) is 13.5. The highest BCUT2D eigenvalue weighted by atomic mass is 79.9. The van der Waals surface area contributed by atoms with E-state index in [0.29, 0.717) is 11.7 Å². The third kappa shape index (κ3) is 4.08. The van der Waals surface area contributed by atoms with Gasteiger partial charge in [-0.2, -0.15) is 0 Å². The fraction of sp³-hybridized carbons (Fsp3) is 0.333. The number of hydrogen-bond acceptors (Lipinski definition) is 2. The van der Waals surface area contributed by atoms with Crippen molar-refractivity contribution in [2.75, 3.05) is 6.54 Å². The minimum Gasteiger partial charge on any atom is -0.508 e. The second-order valence-corrected chi connectivity index (χ2v) is 6.63. The number of phenols is 1. The lowest BCUT2D eigenvalue weighted by Gasteiger charge is -2.20. The SMILES string of the molecule is Oc1ccc(CC(CNC2CC2)c2ccccc2Br)cc1. The lowest BCUT2D eigenvalue weighted by molar-refractivity contribution is 0.475. The first-order chi connectivity index (χ1) is 10.2. The van der Waals surface area contributed by atoms with Crippen molar-refractivity contribution < 1.29 is 5.11 Å². The maximum Gasteiger partial charge on any atom is 0.115 e. The molecule has 0 amide bonds. The Morgan fingerprint density at radius 3 is 2.48 bits per heavy atom. The average Bonchev–Trinajstić information content (AvgIpc) is 3.30. The molecule has 0 spiro atoms. The molecule has 1 aliphatic carbocycles. The number of nitrogens with one attached hydrogen (secondary N) is 1. The van der Waals surface area contributed by atoms with Crippen LogP contribution in [0.3, 0.4) is 0 Å². The second-order valence-electron chi connectivity index (χ2n) is 5.77. The van der Waals surface area contributed by atoms with Crippen LogP contribution in [0.2, 0.25) is 0 Å². The molecular formula is C18H20BrNO. The van der Waals surface area contributed by atoms with Crippen molar-refractivity contribution >= 4 is 15.9 Å². The van der Waals surface area contributed by atoms with Crippen LogP contribution in [0, 0.1) is 0 Å². The third-order valence-electron chi connectivity index (χ3n) is 3.99. The van der Waals surface area contributed by atoms with Gasteiger partial charge in [-0.15, -0.1) is 0 Å². The Kier molecular flexibility index (Phi) is 4.61. The summed E-state index contributed by atoms with van der Waals surface area (Å²) in [5, 5.41) is 13.1. The first kappa shape index (κ1) is 14.6. The van der Waals surface area contributed by atoms with Gasteiger partial charge in [0.05, 0.1) is 0 Å². The molecular weight excluding hydrogens is 326 g/mol. The van der Waals surface area contributed by atoms with Crippen LogP contribution in [-0.4, -0.2) is 17.7 Å². The number of aromatic hydroxyl groups is 1. The smallest absolute Gasteiger partial charge is 0.115 e. The van der Waals surface area contributed by atoms with Gasteiger partial charge in [-0.3, -0.25) is 0 Å². The quantitative estimate of drug-likeness (QED) is 0.820. The highest BCUT2D eigenvalue weighted by molar-refractivity contribution is 9.10. The van der Waals surface area contributed by atoms with Gasteiger partial charge in [-0.25, -0.2) is 0 Å². The summed E-state index contributed by atoms with van der Waals surface area (Å²) in [7, 11) is 0. The minimum atomic E-state index is 0.326. The molecule has 1 atom stereocenters. The zero-order chi connectivity index (χ0) is 14.7. The van der Waals surface area contributed by atoms with Crippen LogP contribution in [0.5, 0.6) is 5.75 Å². The van der Waals surface area contributed by atoms with Crippen LogP contribution in [0.1, 0.15) is 29.9 Å². The van der Waals surface area contributed by atoms with Gasteiger partial charge in [0.25, 0.3) is 0 Å². The summed E-state index contributed by atoms with van der Waals surface area (Å²) < 4.78 is 1.17. The Morgan fingerprint density at radius 2 is 1.81 bits per heavy atom. The largest absolute Gasteiger partial charge is 0.508 e. The third-order valence-corrected chi connectivity index (χ3v) is 4.72. The molecule has 0 bridgehead atoms. The standard InChI is InChI=1S/C18H20BrNO/c19-18-4-2-1-3-17(18)14(12-20-15-7-8-15)11-13-5-9-16(21)10-6-13/h1-6,9-10,14-15,20-21H,7-8,11-12H2. The van der Waals surface area contributed by atoms with Crippen molar-refractivity contribution in [1.29, 1.82) is 0 Å². The highest BCUT2D eigenvalue weighted by Gasteiger charge is 2.23. The molecule has 1 unspecified atom stereocenters. The molecule has 1 saturated carbocycles. The van der Waals surface area contributed by atoms with Crippen molar-refractivity contribution in [2.45, 2.75) is 31.2 Å². The van der Waals surface area contributed by atoms with E-state index in [4.69, 9.17) is 0 Å². The van der Waals surface area contributed by atoms with Gasteiger partial charge < -0.3 is 10.4 Å². The summed E-state index contributed by atoms with van der Waals surface area (Å²) in [6, 6.07) is 16.7. The molecule has 2 aromatic rings. The number of benzene rings is 2. The van der Waals surface area contributed by atoms with Gasteiger partial charge in [0.15, 0.2) is 0 Å². The minimum absolute atomic E-state index is 0.326. The predicted octanol–water partition coefficient (Wildman–Crippen LogP) is 4.23. The summed E-state index contributed by atoms with van der Waals surface area (Å²) in [6.45, 7) is 0.994. The van der Waals surface area contributed by atoms with E-state index in [-0.39, 0.29) is 0 Å². The van der Waals surface area contributed by atoms with Gasteiger partial charge in [-0.1, -0.05) is 46.3 Å². The Hall–Kier alpha value is -1.32. The maximum absolute atomic E-state index is 9.42. The lowest BCUT2D eigenvalue weighted by atomic mass is 9.92. The van der Waals surface area contributed by atoms with Crippen molar-refractivity contribution in [3.63, 3.8) is 0 Å². The molecule has 21 heavy (non-hydrogen) atoms. The Balaban J connectivity index is 1.77. The normalized spacial score (nSPS) is 15.9. The summed E-state index contributed by atoms with van der Waals surface area (Å²) >= 11 is 3.68. The summed E-state index contributed by atoms with van der Waals surface area (Å²) in [4.78, 5) is 0. The molecule has 0 aliphatic heterocycles. The monoisotopic (exact) mass is 345 g/mol. The van der Waals surface area contributed by atoms with Crippen LogP contribution in [0.25, 0.3) is 0 Å². The fourth-order valence-electron chi connectivity index (χ4n) is 2.61. The topological polar surface area (TPSA) is 32.3 Å². The molecule has 0 heterocycles. The Bertz CT molecular complexity index is 592. The number of phenolic OH excluding ortho intramolecular Hbond substituents is 1. The molecule has 0 aromatic heterocycles. The molecule has 110 valence electrons. The van der Waals surface area contributed by atoms with E-state index >= 15 is 0 Å². The lowest BCUT2D eigenvalue weighted by Crippen LogP contribution is -2.25. The van der Waals surface area contributed by atoms with Crippen LogP contribution < -0.4 is 5.32 Å². The van der Waals surface area contributed by atoms with E-state index in [0.717, 1.165) is 19.0 Å². The van der Waals surface area contributed by atoms with E-state index < -0.39 is 0 Å². The van der Waals surface area contributed by atoms with Crippen molar-refractivity contribution in [3.8, 4) is 5.75 Å². The van der Waals surface area contributed by atoms with Crippen molar-refractivity contribution in [3.05, 3.63) is 64.1 Å². The van der Waals surface area contributed by atoms with E-state index in [1.54, 1.807) is 12.1 Å². The van der Waals surface area contributed by atoms with Gasteiger partial charge in [0.1, 0.15) is 5.75 Å². The van der Waals surface area contributed by atoms with Crippen LogP contribution in [0.15, 0.2) is 53.0 Å². The molecule has 3 rings (SSSR count). The Morgan fingerprint density at radius 1 is 1.10 bits per heavy atom. The predicted molar refractivity (Wildman–Crippen MR) is 89.7 cm³/mol. The highest BCUT2D eigenvalue weighted by Crippen LogP contribution is 2.29. The fourth-order valence-corrected chi connectivity index (χ4v) is 3.22. The number of hydrogen-bond donors (Lipinski definition) is 2. The first-order valence-corrected chi connectivity index (χ1v) is 8.27. The van der Waals surface area contributed by atoms with E-state index in [9.17, 15) is 5.11 Å². The van der Waals surface area contributed by atoms with Crippen LogP contribution in [-0.2, 0) is 6.42 Å². The maximum atomic E-state index is 9.42. The van der Waals surface area contributed by atoms with Gasteiger partial charge >= 0.3 is 0 Å². The molecule has 1 aliphatic rings. The van der Waals surface area contributed by atoms with Crippen molar-refractivity contribution in [2.24, 2.45) is 0 Å². The zero-order valence-electron chi connectivity index (χ0n) is 11.9. The van der Waals surface area contributed by atoms with Gasteiger partial charge in [-0.05, 0) is 48.6 Å². The molecule has 2 aromatic carbocycles. The molecule has 0 saturated heterocycles. The van der Waals surface area contributed by atoms with E-state index in [1.165, 1.54) is 28.4 Å². The number of rotatable bonds is 6. The molecule has 0 radical (unpaired) electrons. The molecule has 2 nitrogen and oxygen atoms in total. The summed E-state index contributed by atoms with van der Waals surface area (Å²) in [6.07, 6.45) is 3.59. The molecule has 1 fully saturated rings. The van der Waals surface area contributed by atoms with Crippen molar-refractivity contribution in [1.82, 2.24) is 5.32 Å². The molecule has 3 heteroatoms.